The molecule has 31 heavy (non-hydrogen) atoms. The van der Waals surface area contributed by atoms with Gasteiger partial charge >= 0.3 is 0 Å². The Morgan fingerprint density at radius 2 is 1.65 bits per heavy atom. The van der Waals surface area contributed by atoms with Crippen LogP contribution in [0.5, 0.6) is 11.5 Å². The molecule has 0 radical (unpaired) electrons. The third-order valence-corrected chi connectivity index (χ3v) is 6.16. The van der Waals surface area contributed by atoms with Crippen molar-refractivity contribution in [2.45, 2.75) is 51.4 Å². The van der Waals surface area contributed by atoms with E-state index in [0.29, 0.717) is 17.9 Å². The van der Waals surface area contributed by atoms with Crippen molar-refractivity contribution in [3.63, 3.8) is 0 Å². The van der Waals surface area contributed by atoms with Crippen LogP contribution in [0.4, 0.5) is 0 Å². The number of amides is 1. The summed E-state index contributed by atoms with van der Waals surface area (Å²) in [6.45, 7) is 4.70. The number of fused-ring (bicyclic) bond motifs is 1. The lowest BCUT2D eigenvalue weighted by Crippen LogP contribution is -2.44. The van der Waals surface area contributed by atoms with Crippen LogP contribution in [0.3, 0.4) is 0 Å². The first-order valence-electron chi connectivity index (χ1n) is 11.0. The fourth-order valence-electron chi connectivity index (χ4n) is 4.18. The molecule has 3 aromatic rings. The van der Waals surface area contributed by atoms with Crippen LogP contribution in [-0.4, -0.2) is 11.5 Å². The largest absolute Gasteiger partial charge is 0.488 e. The third kappa shape index (κ3) is 4.58. The maximum Gasteiger partial charge on any atom is 0.255 e. The van der Waals surface area contributed by atoms with Crippen LogP contribution >= 0.6 is 0 Å². The molecule has 4 rings (SSSR count). The van der Waals surface area contributed by atoms with Crippen LogP contribution in [-0.2, 0) is 6.61 Å². The van der Waals surface area contributed by atoms with Crippen molar-refractivity contribution in [2.75, 3.05) is 0 Å². The Balaban J connectivity index is 1.55. The molecule has 0 aliphatic carbocycles. The average molecular weight is 416 g/mol. The molecular formula is C27H29NO3. The fraction of sp³-hybridized carbons (Fsp3) is 0.296. The number of rotatable bonds is 7. The van der Waals surface area contributed by atoms with Gasteiger partial charge in [0.15, 0.2) is 0 Å². The molecule has 3 aromatic carbocycles. The van der Waals surface area contributed by atoms with Crippen LogP contribution in [0.15, 0.2) is 78.9 Å². The zero-order valence-corrected chi connectivity index (χ0v) is 18.1. The molecule has 4 heteroatoms. The number of ether oxygens (including phenoxy) is 2. The summed E-state index contributed by atoms with van der Waals surface area (Å²) in [6, 6.07) is 25.3. The summed E-state index contributed by atoms with van der Waals surface area (Å²) in [7, 11) is 0. The van der Waals surface area contributed by atoms with Crippen LogP contribution in [0.2, 0.25) is 0 Å². The molecule has 160 valence electrons. The van der Waals surface area contributed by atoms with Crippen molar-refractivity contribution in [3.05, 3.63) is 95.6 Å². The minimum absolute atomic E-state index is 0.112. The minimum atomic E-state index is -0.268. The zero-order valence-electron chi connectivity index (χ0n) is 18.1. The van der Waals surface area contributed by atoms with Crippen LogP contribution < -0.4 is 14.8 Å². The predicted octanol–water partition coefficient (Wildman–Crippen LogP) is 6.08. The van der Waals surface area contributed by atoms with E-state index in [-0.39, 0.29) is 17.6 Å². The summed E-state index contributed by atoms with van der Waals surface area (Å²) in [5, 5.41) is 3.25. The molecule has 1 amide bonds. The maximum atomic E-state index is 13.3. The van der Waals surface area contributed by atoms with Crippen molar-refractivity contribution in [2.24, 2.45) is 0 Å². The van der Waals surface area contributed by atoms with Crippen LogP contribution in [0.25, 0.3) is 0 Å². The second-order valence-corrected chi connectivity index (χ2v) is 8.03. The minimum Gasteiger partial charge on any atom is -0.488 e. The molecule has 0 spiro atoms. The third-order valence-electron chi connectivity index (χ3n) is 6.16. The lowest BCUT2D eigenvalue weighted by molar-refractivity contribution is 0.0227. The molecule has 0 unspecified atom stereocenters. The van der Waals surface area contributed by atoms with E-state index >= 15 is 0 Å². The van der Waals surface area contributed by atoms with E-state index in [1.807, 2.05) is 78.9 Å². The monoisotopic (exact) mass is 415 g/mol. The quantitative estimate of drug-likeness (QED) is 0.509. The van der Waals surface area contributed by atoms with Gasteiger partial charge in [-0.1, -0.05) is 74.5 Å². The van der Waals surface area contributed by atoms with Crippen molar-refractivity contribution >= 4 is 5.91 Å². The fourth-order valence-corrected chi connectivity index (χ4v) is 4.18. The Labute approximate surface area is 184 Å². The van der Waals surface area contributed by atoms with Gasteiger partial charge in [0.05, 0.1) is 11.6 Å². The highest BCUT2D eigenvalue weighted by Gasteiger charge is 2.39. The van der Waals surface area contributed by atoms with Gasteiger partial charge in [0, 0.05) is 12.0 Å². The molecule has 1 aliphatic heterocycles. The standard InChI is InChI=1S/C27H29NO3/c1-3-27(4-2)18-23(21-14-8-11-17-25(21)31-27)28-26(29)22-15-9-10-16-24(22)30-19-20-12-6-5-7-13-20/h5-17,23H,3-4,18-19H2,1-2H3,(H,28,29)/t23-/m0/s1. The van der Waals surface area contributed by atoms with Gasteiger partial charge in [-0.15, -0.1) is 0 Å². The Hall–Kier alpha value is -3.27. The molecule has 1 N–H and O–H groups in total. The van der Waals surface area contributed by atoms with Gasteiger partial charge in [-0.25, -0.2) is 0 Å². The summed E-state index contributed by atoms with van der Waals surface area (Å²) < 4.78 is 12.4. The SMILES string of the molecule is CCC1(CC)C[C@H](NC(=O)c2ccccc2OCc2ccccc2)c2ccccc2O1. The van der Waals surface area contributed by atoms with Gasteiger partial charge < -0.3 is 14.8 Å². The van der Waals surface area contributed by atoms with Crippen LogP contribution in [0, 0.1) is 0 Å². The molecule has 1 heterocycles. The average Bonchev–Trinajstić information content (AvgIpc) is 2.83. The van der Waals surface area contributed by atoms with Gasteiger partial charge in [0.2, 0.25) is 0 Å². The van der Waals surface area contributed by atoms with E-state index in [0.717, 1.165) is 36.1 Å². The summed E-state index contributed by atoms with van der Waals surface area (Å²) in [5.74, 6) is 1.31. The van der Waals surface area contributed by atoms with E-state index in [1.165, 1.54) is 0 Å². The smallest absolute Gasteiger partial charge is 0.255 e. The topological polar surface area (TPSA) is 47.6 Å². The van der Waals surface area contributed by atoms with E-state index in [4.69, 9.17) is 9.47 Å². The molecule has 0 fully saturated rings. The number of para-hydroxylation sites is 2. The number of carbonyl (C=O) groups is 1. The van der Waals surface area contributed by atoms with Crippen molar-refractivity contribution in [3.8, 4) is 11.5 Å². The molecule has 0 aromatic heterocycles. The number of nitrogens with one attached hydrogen (secondary N) is 1. The Kier molecular flexibility index (Phi) is 6.26. The highest BCUT2D eigenvalue weighted by molar-refractivity contribution is 5.97. The van der Waals surface area contributed by atoms with Gasteiger partial charge in [0.25, 0.3) is 5.91 Å². The molecule has 0 saturated carbocycles. The second-order valence-electron chi connectivity index (χ2n) is 8.03. The lowest BCUT2D eigenvalue weighted by atomic mass is 9.83. The summed E-state index contributed by atoms with van der Waals surface area (Å²) in [6.07, 6.45) is 2.53. The lowest BCUT2D eigenvalue weighted by Gasteiger charge is -2.41. The molecule has 0 saturated heterocycles. The number of hydrogen-bond donors (Lipinski definition) is 1. The molecule has 1 atom stereocenters. The zero-order chi connectivity index (χ0) is 21.7. The van der Waals surface area contributed by atoms with E-state index in [9.17, 15) is 4.79 Å². The Morgan fingerprint density at radius 3 is 2.42 bits per heavy atom. The first-order chi connectivity index (χ1) is 15.1. The summed E-state index contributed by atoms with van der Waals surface area (Å²) in [4.78, 5) is 13.3. The second kappa shape index (κ2) is 9.25. The highest BCUT2D eigenvalue weighted by atomic mass is 16.5. The number of hydrogen-bond acceptors (Lipinski definition) is 3. The molecular weight excluding hydrogens is 386 g/mol. The maximum absolute atomic E-state index is 13.3. The highest BCUT2D eigenvalue weighted by Crippen LogP contribution is 2.42. The van der Waals surface area contributed by atoms with Gasteiger partial charge in [-0.2, -0.15) is 0 Å². The molecule has 0 bridgehead atoms. The summed E-state index contributed by atoms with van der Waals surface area (Å²) >= 11 is 0. The Bertz CT molecular complexity index is 1030. The van der Waals surface area contributed by atoms with Crippen molar-refractivity contribution in [1.29, 1.82) is 0 Å². The first-order valence-corrected chi connectivity index (χ1v) is 11.0. The normalized spacial score (nSPS) is 16.6. The Morgan fingerprint density at radius 1 is 0.968 bits per heavy atom. The van der Waals surface area contributed by atoms with Crippen molar-refractivity contribution < 1.29 is 14.3 Å². The van der Waals surface area contributed by atoms with E-state index in [1.54, 1.807) is 0 Å². The van der Waals surface area contributed by atoms with E-state index < -0.39 is 0 Å². The van der Waals surface area contributed by atoms with Gasteiger partial charge in [0.1, 0.15) is 23.7 Å². The first kappa shape index (κ1) is 21.0. The van der Waals surface area contributed by atoms with E-state index in [2.05, 4.69) is 19.2 Å². The number of benzene rings is 3. The molecule has 1 aliphatic rings. The summed E-state index contributed by atoms with van der Waals surface area (Å²) in [5.41, 5.74) is 2.36. The predicted molar refractivity (Wildman–Crippen MR) is 122 cm³/mol. The van der Waals surface area contributed by atoms with Crippen LogP contribution in [0.1, 0.15) is 60.6 Å². The molecule has 4 nitrogen and oxygen atoms in total. The number of carbonyl (C=O) groups excluding carboxylic acids is 1. The van der Waals surface area contributed by atoms with Gasteiger partial charge in [-0.3, -0.25) is 4.79 Å². The van der Waals surface area contributed by atoms with Crippen molar-refractivity contribution in [1.82, 2.24) is 5.32 Å². The van der Waals surface area contributed by atoms with Gasteiger partial charge in [-0.05, 0) is 36.6 Å².